The third kappa shape index (κ3) is 9.01. The molecular weight excluding hydrogens is 675 g/mol. The molecule has 0 spiro atoms. The summed E-state index contributed by atoms with van der Waals surface area (Å²) in [5.74, 6) is 0.690. The molecule has 1 N–H and O–H groups in total. The van der Waals surface area contributed by atoms with Crippen LogP contribution in [0.15, 0.2) is 39.2 Å². The number of hydrogen-bond acceptors (Lipinski definition) is 10. The Kier molecular flexibility index (Phi) is 13.1. The number of fused-ring (bicyclic) bond motifs is 3. The normalized spacial score (nSPS) is 13.3. The molecule has 0 radical (unpaired) electrons. The first kappa shape index (κ1) is 40.0. The fourth-order valence-corrected chi connectivity index (χ4v) is 8.58. The van der Waals surface area contributed by atoms with Crippen LogP contribution in [-0.2, 0) is 20.0 Å². The number of oxime groups is 1. The van der Waals surface area contributed by atoms with Gasteiger partial charge in [-0.1, -0.05) is 60.5 Å². The SMILES string of the molecule is CC(C)CCN(CCC(C)C)S(=O)(=O)c1cc2c(c([N+](=O)[O-])c1)-c1c(cc(S(=O)(=O)N(CCC(C)C)CCC(C)C)cc1[N+](=O)[O-])C2=NO. The van der Waals surface area contributed by atoms with Gasteiger partial charge >= 0.3 is 0 Å². The number of nitro groups is 2. The van der Waals surface area contributed by atoms with Crippen molar-refractivity contribution in [2.75, 3.05) is 26.2 Å². The minimum Gasteiger partial charge on any atom is -0.410 e. The molecule has 3 rings (SSSR count). The van der Waals surface area contributed by atoms with Gasteiger partial charge in [0.2, 0.25) is 20.0 Å². The van der Waals surface area contributed by atoms with Crippen LogP contribution in [0.1, 0.15) is 92.2 Å². The Hall–Kier alpha value is -3.47. The van der Waals surface area contributed by atoms with Gasteiger partial charge in [0, 0.05) is 49.4 Å². The molecule has 0 saturated heterocycles. The average Bonchev–Trinajstić information content (AvgIpc) is 3.32. The molecule has 0 saturated carbocycles. The lowest BCUT2D eigenvalue weighted by Crippen LogP contribution is -2.34. The first-order chi connectivity index (χ1) is 22.7. The van der Waals surface area contributed by atoms with Crippen LogP contribution in [0.5, 0.6) is 0 Å². The van der Waals surface area contributed by atoms with Crippen molar-refractivity contribution in [1.29, 1.82) is 0 Å². The molecule has 0 amide bonds. The van der Waals surface area contributed by atoms with E-state index in [4.69, 9.17) is 0 Å². The molecule has 0 aliphatic heterocycles. The molecule has 0 heterocycles. The maximum Gasteiger partial charge on any atom is 0.279 e. The molecule has 2 aromatic rings. The second-order valence-electron chi connectivity index (χ2n) is 14.2. The van der Waals surface area contributed by atoms with Gasteiger partial charge < -0.3 is 5.21 Å². The molecule has 0 fully saturated rings. The van der Waals surface area contributed by atoms with Gasteiger partial charge in [-0.3, -0.25) is 20.2 Å². The molecule has 0 aromatic heterocycles. The van der Waals surface area contributed by atoms with Gasteiger partial charge in [0.05, 0.1) is 30.8 Å². The highest BCUT2D eigenvalue weighted by atomic mass is 32.2. The highest BCUT2D eigenvalue weighted by Gasteiger charge is 2.42. The summed E-state index contributed by atoms with van der Waals surface area (Å²) in [4.78, 5) is 22.5. The van der Waals surface area contributed by atoms with E-state index in [0.717, 1.165) is 24.3 Å². The van der Waals surface area contributed by atoms with Crippen molar-refractivity contribution in [2.24, 2.45) is 28.8 Å². The average molecular weight is 724 g/mol. The molecule has 1 aliphatic rings. The quantitative estimate of drug-likeness (QED) is 0.0827. The van der Waals surface area contributed by atoms with E-state index in [1.54, 1.807) is 0 Å². The zero-order chi connectivity index (χ0) is 37.0. The fraction of sp³-hybridized carbons (Fsp3) is 0.606. The summed E-state index contributed by atoms with van der Waals surface area (Å²) in [7, 11) is -8.66. The molecule has 49 heavy (non-hydrogen) atoms. The second kappa shape index (κ2) is 16.0. The summed E-state index contributed by atoms with van der Waals surface area (Å²) >= 11 is 0. The van der Waals surface area contributed by atoms with Crippen molar-refractivity contribution in [3.63, 3.8) is 0 Å². The Morgan fingerprint density at radius 3 is 1.12 bits per heavy atom. The third-order valence-corrected chi connectivity index (χ3v) is 12.3. The fourth-order valence-electron chi connectivity index (χ4n) is 5.55. The highest BCUT2D eigenvalue weighted by molar-refractivity contribution is 7.89. The molecule has 0 atom stereocenters. The molecule has 2 aromatic carbocycles. The smallest absolute Gasteiger partial charge is 0.279 e. The Bertz CT molecular complexity index is 1650. The summed E-state index contributed by atoms with van der Waals surface area (Å²) in [6.07, 6.45) is 2.14. The number of nitrogens with zero attached hydrogens (tertiary/aromatic N) is 5. The van der Waals surface area contributed by atoms with Crippen LogP contribution in [-0.4, -0.2) is 72.4 Å². The van der Waals surface area contributed by atoms with Gasteiger partial charge in [-0.05, 0) is 61.5 Å². The Balaban J connectivity index is 2.31. The summed E-state index contributed by atoms with van der Waals surface area (Å²) in [5, 5.41) is 38.6. The van der Waals surface area contributed by atoms with E-state index >= 15 is 0 Å². The molecule has 16 heteroatoms. The van der Waals surface area contributed by atoms with Crippen LogP contribution < -0.4 is 0 Å². The van der Waals surface area contributed by atoms with Crippen molar-refractivity contribution < 1.29 is 31.9 Å². The number of benzene rings is 2. The molecule has 1 aliphatic carbocycles. The van der Waals surface area contributed by atoms with Gasteiger partial charge in [-0.2, -0.15) is 8.61 Å². The Morgan fingerprint density at radius 1 is 0.612 bits per heavy atom. The van der Waals surface area contributed by atoms with Crippen LogP contribution in [0.4, 0.5) is 11.4 Å². The van der Waals surface area contributed by atoms with Crippen LogP contribution in [0.3, 0.4) is 0 Å². The predicted molar refractivity (Wildman–Crippen MR) is 188 cm³/mol. The van der Waals surface area contributed by atoms with Crippen LogP contribution in [0.25, 0.3) is 11.1 Å². The standard InChI is InChI=1S/C33H49N5O9S2/c1-21(2)9-13-35(14-10-22(3)4)48(44,45)25-17-27-31(29(19-25)37(40)41)32-28(33(27)34-39)18-26(20-30(32)38(42)43)49(46,47)36(15-11-23(5)6)16-12-24(7)8/h17-24,39H,9-16H2,1-8H3. The minimum atomic E-state index is -4.33. The van der Waals surface area contributed by atoms with Gasteiger partial charge in [0.25, 0.3) is 11.4 Å². The first-order valence-corrected chi connectivity index (χ1v) is 19.5. The van der Waals surface area contributed by atoms with E-state index < -0.39 is 56.8 Å². The summed E-state index contributed by atoms with van der Waals surface area (Å²) in [5.41, 5.74) is -3.02. The van der Waals surface area contributed by atoms with Crippen molar-refractivity contribution in [3.05, 3.63) is 55.6 Å². The molecular formula is C33H49N5O9S2. The van der Waals surface area contributed by atoms with Gasteiger partial charge in [-0.25, -0.2) is 16.8 Å². The lowest BCUT2D eigenvalue weighted by Gasteiger charge is -2.24. The number of nitro benzene ring substituents is 2. The van der Waals surface area contributed by atoms with E-state index in [0.29, 0.717) is 25.7 Å². The van der Waals surface area contributed by atoms with Gasteiger partial charge in [0.1, 0.15) is 5.71 Å². The van der Waals surface area contributed by atoms with Crippen molar-refractivity contribution >= 4 is 37.1 Å². The van der Waals surface area contributed by atoms with Crippen molar-refractivity contribution in [2.45, 2.75) is 90.9 Å². The van der Waals surface area contributed by atoms with Crippen LogP contribution >= 0.6 is 0 Å². The Labute approximate surface area is 289 Å². The van der Waals surface area contributed by atoms with E-state index in [1.807, 2.05) is 55.4 Å². The van der Waals surface area contributed by atoms with Crippen LogP contribution in [0.2, 0.25) is 0 Å². The molecule has 272 valence electrons. The number of sulfonamides is 2. The van der Waals surface area contributed by atoms with E-state index in [2.05, 4.69) is 5.16 Å². The predicted octanol–water partition coefficient (Wildman–Crippen LogP) is 6.88. The first-order valence-electron chi connectivity index (χ1n) is 16.6. The lowest BCUT2D eigenvalue weighted by atomic mass is 10.0. The Morgan fingerprint density at radius 2 is 0.898 bits per heavy atom. The monoisotopic (exact) mass is 723 g/mol. The van der Waals surface area contributed by atoms with E-state index in [9.17, 15) is 42.3 Å². The zero-order valence-corrected chi connectivity index (χ0v) is 31.2. The highest BCUT2D eigenvalue weighted by Crippen LogP contribution is 2.49. The molecule has 14 nitrogen and oxygen atoms in total. The van der Waals surface area contributed by atoms with Crippen molar-refractivity contribution in [1.82, 2.24) is 8.61 Å². The van der Waals surface area contributed by atoms with E-state index in [1.165, 1.54) is 8.61 Å². The summed E-state index contributed by atoms with van der Waals surface area (Å²) < 4.78 is 58.8. The minimum absolute atomic E-state index is 0.162. The molecule has 0 unspecified atom stereocenters. The summed E-state index contributed by atoms with van der Waals surface area (Å²) in [6, 6.07) is 3.95. The van der Waals surface area contributed by atoms with Crippen LogP contribution in [0, 0.1) is 43.9 Å². The summed E-state index contributed by atoms with van der Waals surface area (Å²) in [6.45, 7) is 16.2. The largest absolute Gasteiger partial charge is 0.410 e. The number of hydrogen-bond donors (Lipinski definition) is 1. The molecule has 0 bridgehead atoms. The maximum absolute atomic E-state index is 14.1. The van der Waals surface area contributed by atoms with Crippen molar-refractivity contribution in [3.8, 4) is 11.1 Å². The topological polar surface area (TPSA) is 194 Å². The van der Waals surface area contributed by atoms with Gasteiger partial charge in [0.15, 0.2) is 0 Å². The maximum atomic E-state index is 14.1. The lowest BCUT2D eigenvalue weighted by molar-refractivity contribution is -0.386. The third-order valence-electron chi connectivity index (χ3n) is 8.53. The second-order valence-corrected chi connectivity index (χ2v) is 18.1. The number of rotatable bonds is 18. The zero-order valence-electron chi connectivity index (χ0n) is 29.5. The van der Waals surface area contributed by atoms with E-state index in [-0.39, 0.29) is 72.1 Å². The van der Waals surface area contributed by atoms with Gasteiger partial charge in [-0.15, -0.1) is 0 Å².